The first-order chi connectivity index (χ1) is 6.15. The van der Waals surface area contributed by atoms with E-state index in [2.05, 4.69) is 15.9 Å². The summed E-state index contributed by atoms with van der Waals surface area (Å²) in [5, 5.41) is 10.3. The molecule has 0 spiro atoms. The number of nitrogens with two attached hydrogens (primary N) is 1. The molecule has 0 unspecified atom stereocenters. The molecule has 1 atom stereocenters. The number of halogens is 2. The van der Waals surface area contributed by atoms with E-state index in [-0.39, 0.29) is 0 Å². The fourth-order valence-corrected chi connectivity index (χ4v) is 1.77. The van der Waals surface area contributed by atoms with Crippen molar-refractivity contribution >= 4 is 27.5 Å². The van der Waals surface area contributed by atoms with Crippen LogP contribution in [0.5, 0.6) is 0 Å². The minimum absolute atomic E-state index is 0.458. The molecule has 0 heterocycles. The predicted octanol–water partition coefficient (Wildman–Crippen LogP) is 2.48. The van der Waals surface area contributed by atoms with Gasteiger partial charge in [0.15, 0.2) is 0 Å². The summed E-state index contributed by atoms with van der Waals surface area (Å²) in [7, 11) is 0. The van der Waals surface area contributed by atoms with Crippen molar-refractivity contribution in [3.05, 3.63) is 33.3 Å². The third kappa shape index (κ3) is 2.95. The molecular formula is C9H11BrClNO. The molecule has 0 fully saturated rings. The number of aliphatic hydroxyl groups is 1. The van der Waals surface area contributed by atoms with Crippen molar-refractivity contribution in [2.75, 3.05) is 6.54 Å². The second-order valence-electron chi connectivity index (χ2n) is 2.76. The summed E-state index contributed by atoms with van der Waals surface area (Å²) in [5.74, 6) is 0. The maximum absolute atomic E-state index is 9.66. The molecule has 13 heavy (non-hydrogen) atoms. The average molecular weight is 265 g/mol. The van der Waals surface area contributed by atoms with Crippen LogP contribution in [-0.4, -0.2) is 11.7 Å². The van der Waals surface area contributed by atoms with Gasteiger partial charge < -0.3 is 10.8 Å². The zero-order chi connectivity index (χ0) is 9.84. The summed E-state index contributed by atoms with van der Waals surface area (Å²) in [4.78, 5) is 0. The first-order valence-corrected chi connectivity index (χ1v) is 5.15. The smallest absolute Gasteiger partial charge is 0.0813 e. The van der Waals surface area contributed by atoms with Gasteiger partial charge in [0.05, 0.1) is 6.10 Å². The van der Waals surface area contributed by atoms with Gasteiger partial charge in [0.25, 0.3) is 0 Å². The van der Waals surface area contributed by atoms with Crippen molar-refractivity contribution in [1.29, 1.82) is 0 Å². The van der Waals surface area contributed by atoms with E-state index in [1.54, 1.807) is 12.1 Å². The molecule has 0 radical (unpaired) electrons. The average Bonchev–Trinajstić information content (AvgIpc) is 2.09. The van der Waals surface area contributed by atoms with Crippen LogP contribution in [0, 0.1) is 0 Å². The molecule has 1 aromatic rings. The Morgan fingerprint density at radius 3 is 2.85 bits per heavy atom. The molecule has 2 nitrogen and oxygen atoms in total. The lowest BCUT2D eigenvalue weighted by atomic mass is 10.1. The van der Waals surface area contributed by atoms with Crippen LogP contribution in [0.25, 0.3) is 0 Å². The Balaban J connectivity index is 2.91. The zero-order valence-corrected chi connectivity index (χ0v) is 9.35. The van der Waals surface area contributed by atoms with Crippen LogP contribution in [0.15, 0.2) is 22.7 Å². The van der Waals surface area contributed by atoms with Gasteiger partial charge in [-0.05, 0) is 36.7 Å². The lowest BCUT2D eigenvalue weighted by Gasteiger charge is -2.11. The number of hydrogen-bond acceptors (Lipinski definition) is 2. The Kier molecular flexibility index (Phi) is 4.19. The summed E-state index contributed by atoms with van der Waals surface area (Å²) in [6, 6.07) is 5.33. The van der Waals surface area contributed by atoms with Crippen molar-refractivity contribution in [2.45, 2.75) is 12.5 Å². The van der Waals surface area contributed by atoms with Gasteiger partial charge >= 0.3 is 0 Å². The van der Waals surface area contributed by atoms with Crippen LogP contribution in [0.3, 0.4) is 0 Å². The van der Waals surface area contributed by atoms with Crippen LogP contribution < -0.4 is 5.73 Å². The van der Waals surface area contributed by atoms with E-state index >= 15 is 0 Å². The summed E-state index contributed by atoms with van der Waals surface area (Å²) < 4.78 is 0.859. The molecule has 0 bridgehead atoms. The highest BCUT2D eigenvalue weighted by Crippen LogP contribution is 2.27. The van der Waals surface area contributed by atoms with Gasteiger partial charge in [0, 0.05) is 9.50 Å². The second-order valence-corrected chi connectivity index (χ2v) is 4.05. The molecule has 3 N–H and O–H groups in total. The van der Waals surface area contributed by atoms with Crippen LogP contribution in [-0.2, 0) is 0 Å². The maximum atomic E-state index is 9.66. The largest absolute Gasteiger partial charge is 0.388 e. The first kappa shape index (κ1) is 11.0. The number of rotatable bonds is 3. The molecule has 0 aromatic heterocycles. The molecule has 72 valence electrons. The molecule has 1 rings (SSSR count). The summed E-state index contributed by atoms with van der Waals surface area (Å²) >= 11 is 9.14. The molecule has 0 aliphatic carbocycles. The normalized spacial score (nSPS) is 12.9. The van der Waals surface area contributed by atoms with Gasteiger partial charge in [0.1, 0.15) is 0 Å². The van der Waals surface area contributed by atoms with E-state index in [0.717, 1.165) is 10.0 Å². The molecular weight excluding hydrogens is 253 g/mol. The van der Waals surface area contributed by atoms with Crippen molar-refractivity contribution in [3.8, 4) is 0 Å². The molecule has 0 aliphatic heterocycles. The first-order valence-electron chi connectivity index (χ1n) is 3.98. The number of benzene rings is 1. The van der Waals surface area contributed by atoms with Crippen molar-refractivity contribution in [1.82, 2.24) is 0 Å². The fraction of sp³-hybridized carbons (Fsp3) is 0.333. The van der Waals surface area contributed by atoms with Crippen molar-refractivity contribution in [2.24, 2.45) is 5.73 Å². The van der Waals surface area contributed by atoms with Gasteiger partial charge in [-0.25, -0.2) is 0 Å². The summed E-state index contributed by atoms with van der Waals surface area (Å²) in [6.07, 6.45) is -0.00283. The zero-order valence-electron chi connectivity index (χ0n) is 7.00. The van der Waals surface area contributed by atoms with Crippen molar-refractivity contribution < 1.29 is 5.11 Å². The lowest BCUT2D eigenvalue weighted by molar-refractivity contribution is 0.169. The lowest BCUT2D eigenvalue weighted by Crippen LogP contribution is -2.07. The van der Waals surface area contributed by atoms with E-state index < -0.39 is 6.10 Å². The minimum Gasteiger partial charge on any atom is -0.388 e. The van der Waals surface area contributed by atoms with E-state index in [0.29, 0.717) is 18.0 Å². The van der Waals surface area contributed by atoms with Gasteiger partial charge in [-0.2, -0.15) is 0 Å². The highest BCUT2D eigenvalue weighted by Gasteiger charge is 2.10. The third-order valence-corrected chi connectivity index (χ3v) is 2.71. The van der Waals surface area contributed by atoms with E-state index in [9.17, 15) is 5.11 Å². The Labute approximate surface area is 90.8 Å². The van der Waals surface area contributed by atoms with E-state index in [1.165, 1.54) is 0 Å². The predicted molar refractivity (Wildman–Crippen MR) is 57.8 cm³/mol. The van der Waals surface area contributed by atoms with Gasteiger partial charge in [-0.15, -0.1) is 0 Å². The molecule has 0 saturated carbocycles. The van der Waals surface area contributed by atoms with Crippen LogP contribution in [0.1, 0.15) is 18.1 Å². The van der Waals surface area contributed by atoms with Gasteiger partial charge in [-0.3, -0.25) is 0 Å². The van der Waals surface area contributed by atoms with Gasteiger partial charge in [-0.1, -0.05) is 27.5 Å². The maximum Gasteiger partial charge on any atom is 0.0813 e. The highest BCUT2D eigenvalue weighted by atomic mass is 79.9. The topological polar surface area (TPSA) is 46.2 Å². The second kappa shape index (κ2) is 4.96. The van der Waals surface area contributed by atoms with E-state index in [1.807, 2.05) is 6.07 Å². The van der Waals surface area contributed by atoms with Crippen LogP contribution in [0.4, 0.5) is 0 Å². The highest BCUT2D eigenvalue weighted by molar-refractivity contribution is 9.10. The van der Waals surface area contributed by atoms with Crippen LogP contribution >= 0.6 is 27.5 Å². The standard InChI is InChI=1S/C9H11BrClNO/c10-8-2-1-6(11)5-7(8)9(13)3-4-12/h1-2,5,9,13H,3-4,12H2/t9-/m0/s1. The quantitative estimate of drug-likeness (QED) is 0.881. The third-order valence-electron chi connectivity index (χ3n) is 1.76. The Hall–Kier alpha value is -0.0900. The summed E-state index contributed by atoms with van der Waals surface area (Å²) in [6.45, 7) is 0.458. The number of hydrogen-bond donors (Lipinski definition) is 2. The molecule has 1 aromatic carbocycles. The monoisotopic (exact) mass is 263 g/mol. The molecule has 4 heteroatoms. The molecule has 0 amide bonds. The molecule has 0 aliphatic rings. The number of aliphatic hydroxyl groups excluding tert-OH is 1. The Morgan fingerprint density at radius 1 is 1.54 bits per heavy atom. The SMILES string of the molecule is NCC[C@H](O)c1cc(Cl)ccc1Br. The Bertz CT molecular complexity index is 293. The fourth-order valence-electron chi connectivity index (χ4n) is 1.08. The van der Waals surface area contributed by atoms with E-state index in [4.69, 9.17) is 17.3 Å². The summed E-state index contributed by atoms with van der Waals surface area (Å²) in [5.41, 5.74) is 6.14. The molecule has 0 saturated heterocycles. The Morgan fingerprint density at radius 2 is 2.23 bits per heavy atom. The van der Waals surface area contributed by atoms with Crippen molar-refractivity contribution in [3.63, 3.8) is 0 Å². The van der Waals surface area contributed by atoms with Gasteiger partial charge in [0.2, 0.25) is 0 Å². The van der Waals surface area contributed by atoms with Crippen LogP contribution in [0.2, 0.25) is 5.02 Å². The minimum atomic E-state index is -0.543.